The number of Topliss-reactive ketones (excluding diaryl/α,β-unsaturated/α-hetero) is 1. The number of carbonyl (C=O) groups excluding carboxylic acids is 1. The molecule has 6 nitrogen and oxygen atoms in total. The fourth-order valence-corrected chi connectivity index (χ4v) is 2.61. The van der Waals surface area contributed by atoms with Gasteiger partial charge in [0, 0.05) is 11.1 Å². The van der Waals surface area contributed by atoms with Crippen molar-refractivity contribution >= 4 is 21.7 Å². The molecule has 2 aromatic rings. The zero-order valence-corrected chi connectivity index (χ0v) is 12.1. The van der Waals surface area contributed by atoms with Gasteiger partial charge in [0.05, 0.1) is 10.6 Å². The summed E-state index contributed by atoms with van der Waals surface area (Å²) in [6, 6.07) is 5.68. The molecule has 106 valence electrons. The summed E-state index contributed by atoms with van der Waals surface area (Å²) < 4.78 is 31.6. The summed E-state index contributed by atoms with van der Waals surface area (Å²) in [7, 11) is -3.76. The van der Waals surface area contributed by atoms with Gasteiger partial charge in [0.1, 0.15) is 0 Å². The van der Waals surface area contributed by atoms with E-state index in [1.165, 1.54) is 31.2 Å². The second kappa shape index (κ2) is 5.09. The lowest BCUT2D eigenvalue weighted by Crippen LogP contribution is -2.13. The van der Waals surface area contributed by atoms with Crippen molar-refractivity contribution in [2.75, 3.05) is 4.72 Å². The highest BCUT2D eigenvalue weighted by atomic mass is 32.2. The van der Waals surface area contributed by atoms with Gasteiger partial charge in [0.25, 0.3) is 10.0 Å². The quantitative estimate of drug-likeness (QED) is 0.874. The van der Waals surface area contributed by atoms with Crippen LogP contribution >= 0.6 is 0 Å². The fraction of sp³-hybridized carbons (Fsp3) is 0.231. The van der Waals surface area contributed by atoms with Crippen molar-refractivity contribution in [3.8, 4) is 0 Å². The molecular formula is C13H14N2O4S. The van der Waals surface area contributed by atoms with Gasteiger partial charge in [-0.3, -0.25) is 4.79 Å². The van der Waals surface area contributed by atoms with E-state index in [-0.39, 0.29) is 16.6 Å². The number of nitrogens with one attached hydrogen (secondary N) is 1. The lowest BCUT2D eigenvalue weighted by atomic mass is 10.2. The summed E-state index contributed by atoms with van der Waals surface area (Å²) >= 11 is 0. The van der Waals surface area contributed by atoms with E-state index >= 15 is 0 Å². The van der Waals surface area contributed by atoms with Crippen molar-refractivity contribution < 1.29 is 17.7 Å². The maximum atomic E-state index is 12.2. The largest absolute Gasteiger partial charge is 0.337 e. The van der Waals surface area contributed by atoms with Gasteiger partial charge in [-0.05, 0) is 32.9 Å². The van der Waals surface area contributed by atoms with Crippen LogP contribution in [0.1, 0.15) is 28.5 Å². The molecule has 0 saturated carbocycles. The molecule has 0 amide bonds. The van der Waals surface area contributed by atoms with Gasteiger partial charge in [0.2, 0.25) is 5.88 Å². The zero-order chi connectivity index (χ0) is 14.9. The molecule has 1 N–H and O–H groups in total. The summed E-state index contributed by atoms with van der Waals surface area (Å²) in [6.07, 6.45) is 0. The number of benzene rings is 1. The lowest BCUT2D eigenvalue weighted by Gasteiger charge is -2.06. The Morgan fingerprint density at radius 2 is 1.80 bits per heavy atom. The standard InChI is InChI=1S/C13H14N2O4S/c1-8-9(2)14-19-13(8)15-20(17,18)12-6-4-11(5-7-12)10(3)16/h4-7,15H,1-3H3. The van der Waals surface area contributed by atoms with E-state index in [0.29, 0.717) is 16.8 Å². The third-order valence-corrected chi connectivity index (χ3v) is 4.30. The third kappa shape index (κ3) is 2.72. The van der Waals surface area contributed by atoms with Crippen molar-refractivity contribution in [3.05, 3.63) is 41.1 Å². The Kier molecular flexibility index (Phi) is 3.63. The van der Waals surface area contributed by atoms with Gasteiger partial charge in [-0.15, -0.1) is 0 Å². The Hall–Kier alpha value is -2.15. The van der Waals surface area contributed by atoms with E-state index in [1.807, 2.05) is 0 Å². The van der Waals surface area contributed by atoms with E-state index < -0.39 is 10.0 Å². The number of aromatic nitrogens is 1. The number of rotatable bonds is 4. The molecule has 0 atom stereocenters. The third-order valence-electron chi connectivity index (χ3n) is 2.96. The first kappa shape index (κ1) is 14.3. The van der Waals surface area contributed by atoms with Crippen molar-refractivity contribution in [3.63, 3.8) is 0 Å². The molecule has 0 bridgehead atoms. The maximum absolute atomic E-state index is 12.2. The van der Waals surface area contributed by atoms with Gasteiger partial charge >= 0.3 is 0 Å². The number of nitrogens with zero attached hydrogens (tertiary/aromatic N) is 1. The molecule has 0 fully saturated rings. The van der Waals surface area contributed by atoms with Crippen molar-refractivity contribution in [1.82, 2.24) is 5.16 Å². The molecule has 0 saturated heterocycles. The number of carbonyl (C=O) groups is 1. The average molecular weight is 294 g/mol. The first-order chi connectivity index (χ1) is 9.31. The second-order valence-electron chi connectivity index (χ2n) is 4.41. The lowest BCUT2D eigenvalue weighted by molar-refractivity contribution is 0.101. The van der Waals surface area contributed by atoms with Crippen LogP contribution in [-0.2, 0) is 10.0 Å². The summed E-state index contributed by atoms with van der Waals surface area (Å²) in [5.74, 6) is -0.0262. The molecule has 0 radical (unpaired) electrons. The van der Waals surface area contributed by atoms with Crippen LogP contribution in [0, 0.1) is 13.8 Å². The van der Waals surface area contributed by atoms with Crippen LogP contribution < -0.4 is 4.72 Å². The van der Waals surface area contributed by atoms with E-state index in [1.54, 1.807) is 13.8 Å². The van der Waals surface area contributed by atoms with Crippen LogP contribution in [0.5, 0.6) is 0 Å². The number of ketones is 1. The topological polar surface area (TPSA) is 89.3 Å². The molecule has 7 heteroatoms. The van der Waals surface area contributed by atoms with Crippen LogP contribution in [0.4, 0.5) is 5.88 Å². The Morgan fingerprint density at radius 1 is 1.20 bits per heavy atom. The first-order valence-electron chi connectivity index (χ1n) is 5.88. The predicted molar refractivity (Wildman–Crippen MR) is 73.2 cm³/mol. The van der Waals surface area contributed by atoms with Gasteiger partial charge in [-0.25, -0.2) is 13.1 Å². The molecule has 1 aromatic heterocycles. The van der Waals surface area contributed by atoms with Crippen LogP contribution in [0.15, 0.2) is 33.7 Å². The minimum atomic E-state index is -3.76. The molecule has 1 aromatic carbocycles. The van der Waals surface area contributed by atoms with Crippen LogP contribution in [0.25, 0.3) is 0 Å². The Bertz CT molecular complexity index is 745. The highest BCUT2D eigenvalue weighted by molar-refractivity contribution is 7.92. The fourth-order valence-electron chi connectivity index (χ4n) is 1.56. The van der Waals surface area contributed by atoms with Crippen molar-refractivity contribution in [2.24, 2.45) is 0 Å². The van der Waals surface area contributed by atoms with Gasteiger partial charge in [-0.1, -0.05) is 17.3 Å². The van der Waals surface area contributed by atoms with Crippen molar-refractivity contribution in [1.29, 1.82) is 0 Å². The normalized spacial score (nSPS) is 11.3. The number of hydrogen-bond donors (Lipinski definition) is 1. The molecule has 0 spiro atoms. The zero-order valence-electron chi connectivity index (χ0n) is 11.3. The van der Waals surface area contributed by atoms with E-state index in [2.05, 4.69) is 9.88 Å². The summed E-state index contributed by atoms with van der Waals surface area (Å²) in [6.45, 7) is 4.85. The van der Waals surface area contributed by atoms with Crippen LogP contribution in [0.2, 0.25) is 0 Å². The molecule has 0 aliphatic rings. The Balaban J connectivity index is 2.31. The molecule has 0 aliphatic heterocycles. The first-order valence-corrected chi connectivity index (χ1v) is 7.36. The number of sulfonamides is 1. The van der Waals surface area contributed by atoms with Crippen molar-refractivity contribution in [2.45, 2.75) is 25.7 Å². The number of aryl methyl sites for hydroxylation is 1. The second-order valence-corrected chi connectivity index (χ2v) is 6.09. The molecule has 20 heavy (non-hydrogen) atoms. The SMILES string of the molecule is CC(=O)c1ccc(S(=O)(=O)Nc2onc(C)c2C)cc1. The van der Waals surface area contributed by atoms with Gasteiger partial charge < -0.3 is 4.52 Å². The summed E-state index contributed by atoms with van der Waals surface area (Å²) in [5.41, 5.74) is 1.71. The number of hydrogen-bond acceptors (Lipinski definition) is 5. The van der Waals surface area contributed by atoms with Gasteiger partial charge in [-0.2, -0.15) is 0 Å². The van der Waals surface area contributed by atoms with E-state index in [0.717, 1.165) is 0 Å². The van der Waals surface area contributed by atoms with E-state index in [4.69, 9.17) is 4.52 Å². The molecular weight excluding hydrogens is 280 g/mol. The van der Waals surface area contributed by atoms with E-state index in [9.17, 15) is 13.2 Å². The minimum absolute atomic E-state index is 0.0518. The molecule has 2 rings (SSSR count). The molecule has 0 unspecified atom stereocenters. The number of anilines is 1. The monoisotopic (exact) mass is 294 g/mol. The van der Waals surface area contributed by atoms with Crippen LogP contribution in [0.3, 0.4) is 0 Å². The summed E-state index contributed by atoms with van der Waals surface area (Å²) in [4.78, 5) is 11.2. The molecule has 0 aliphatic carbocycles. The van der Waals surface area contributed by atoms with Gasteiger partial charge in [0.15, 0.2) is 5.78 Å². The average Bonchev–Trinajstić information content (AvgIpc) is 2.70. The Morgan fingerprint density at radius 3 is 2.25 bits per heavy atom. The highest BCUT2D eigenvalue weighted by Gasteiger charge is 2.19. The highest BCUT2D eigenvalue weighted by Crippen LogP contribution is 2.21. The van der Waals surface area contributed by atoms with Crippen LogP contribution in [-0.4, -0.2) is 19.4 Å². The predicted octanol–water partition coefficient (Wildman–Crippen LogP) is 2.29. The smallest absolute Gasteiger partial charge is 0.264 e. The molecule has 1 heterocycles. The maximum Gasteiger partial charge on any atom is 0.264 e. The summed E-state index contributed by atoms with van der Waals surface area (Å²) in [5, 5.41) is 3.68. The Labute approximate surface area is 116 Å². The minimum Gasteiger partial charge on any atom is -0.337 e.